The summed E-state index contributed by atoms with van der Waals surface area (Å²) in [6, 6.07) is 0. The van der Waals surface area contributed by atoms with E-state index in [2.05, 4.69) is 68.8 Å². The van der Waals surface area contributed by atoms with Gasteiger partial charge in [0, 0.05) is 5.54 Å². The molecule has 0 aromatic heterocycles. The molecule has 0 bridgehead atoms. The second-order valence-corrected chi connectivity index (χ2v) is 13.1. The van der Waals surface area contributed by atoms with Crippen LogP contribution in [0.1, 0.15) is 41.5 Å². The van der Waals surface area contributed by atoms with Crippen molar-refractivity contribution in [2.24, 2.45) is 5.41 Å². The van der Waals surface area contributed by atoms with E-state index in [1.165, 1.54) is 0 Å². The van der Waals surface area contributed by atoms with Crippen LogP contribution < -0.4 is 0 Å². The van der Waals surface area contributed by atoms with E-state index < -0.39 is 0 Å². The molecule has 0 saturated carbocycles. The molecule has 88 valence electrons. The molecule has 2 aliphatic rings. The monoisotopic (exact) mass is 281 g/mol. The zero-order chi connectivity index (χ0) is 11.5. The summed E-state index contributed by atoms with van der Waals surface area (Å²) in [4.78, 5) is 0. The number of thioether (sulfide) groups is 2. The van der Waals surface area contributed by atoms with Gasteiger partial charge in [0.15, 0.2) is 2.74 Å². The maximum absolute atomic E-state index is 2.42. The van der Waals surface area contributed by atoms with Gasteiger partial charge in [0.2, 0.25) is 0 Å². The van der Waals surface area contributed by atoms with Gasteiger partial charge in [-0.05, 0) is 50.1 Å². The topological polar surface area (TPSA) is 3.24 Å². The molecule has 2 rings (SSSR count). The predicted octanol–water partition coefficient (Wildman–Crippen LogP) is 4.86. The molecule has 0 aromatic carbocycles. The minimum Gasteiger partial charge on any atom is -0.183 e. The van der Waals surface area contributed by atoms with Gasteiger partial charge in [-0.25, -0.2) is 0 Å². The molecule has 0 radical (unpaired) electrons. The molecule has 5 heteroatoms. The van der Waals surface area contributed by atoms with Crippen LogP contribution in [0.5, 0.6) is 0 Å². The maximum Gasteiger partial charge on any atom is 0.185 e. The summed E-state index contributed by atoms with van der Waals surface area (Å²) in [5, 5.41) is 0. The van der Waals surface area contributed by atoms with E-state index >= 15 is 0 Å². The average molecular weight is 282 g/mol. The Balaban J connectivity index is 1.83. The van der Waals surface area contributed by atoms with Gasteiger partial charge in [-0.2, -0.15) is 3.71 Å². The predicted molar refractivity (Wildman–Crippen MR) is 77.9 cm³/mol. The standard InChI is InChI=1S/C10H19NS4/c1-8(2,3)7-12-10(13-7)14-11(15-10)9(4,5)6/h7H,1-6H3. The molecule has 0 amide bonds. The molecule has 15 heavy (non-hydrogen) atoms. The summed E-state index contributed by atoms with van der Waals surface area (Å²) in [5.74, 6) is 0. The average Bonchev–Trinajstić information content (AvgIpc) is 1.71. The Morgan fingerprint density at radius 3 is 1.73 bits per heavy atom. The molecule has 0 aromatic rings. The van der Waals surface area contributed by atoms with Gasteiger partial charge in [0.25, 0.3) is 0 Å². The minimum atomic E-state index is 0.286. The first-order chi connectivity index (χ1) is 6.62. The van der Waals surface area contributed by atoms with Crippen molar-refractivity contribution < 1.29 is 0 Å². The third kappa shape index (κ3) is 2.46. The highest BCUT2D eigenvalue weighted by atomic mass is 32.4. The summed E-state index contributed by atoms with van der Waals surface area (Å²) >= 11 is 8.30. The van der Waals surface area contributed by atoms with Gasteiger partial charge in [-0.1, -0.05) is 20.8 Å². The molecule has 0 unspecified atom stereocenters. The lowest BCUT2D eigenvalue weighted by Crippen LogP contribution is -2.50. The Bertz CT molecular complexity index is 222. The molecule has 2 fully saturated rings. The largest absolute Gasteiger partial charge is 0.185 e. The van der Waals surface area contributed by atoms with Crippen molar-refractivity contribution in [3.63, 3.8) is 0 Å². The van der Waals surface area contributed by atoms with E-state index in [4.69, 9.17) is 0 Å². The van der Waals surface area contributed by atoms with E-state index in [0.29, 0.717) is 8.16 Å². The Hall–Kier alpha value is 1.36. The van der Waals surface area contributed by atoms with E-state index in [1.54, 1.807) is 0 Å². The molecular weight excluding hydrogens is 262 g/mol. The van der Waals surface area contributed by atoms with Crippen molar-refractivity contribution in [1.82, 2.24) is 3.71 Å². The fourth-order valence-corrected chi connectivity index (χ4v) is 9.50. The van der Waals surface area contributed by atoms with Crippen molar-refractivity contribution in [2.75, 3.05) is 0 Å². The fourth-order valence-electron chi connectivity index (χ4n) is 1.19. The Kier molecular flexibility index (Phi) is 3.14. The zero-order valence-corrected chi connectivity index (χ0v) is 13.4. The molecule has 0 atom stereocenters. The lowest BCUT2D eigenvalue weighted by molar-refractivity contribution is 0.404. The Morgan fingerprint density at radius 2 is 1.40 bits per heavy atom. The fraction of sp³-hybridized carbons (Fsp3) is 1.00. The number of hydrogen-bond donors (Lipinski definition) is 0. The number of rotatable bonds is 0. The summed E-state index contributed by atoms with van der Waals surface area (Å²) in [6.45, 7) is 13.8. The van der Waals surface area contributed by atoms with Gasteiger partial charge < -0.3 is 0 Å². The molecule has 0 N–H and O–H groups in total. The number of nitrogens with zero attached hydrogens (tertiary/aromatic N) is 1. The molecule has 1 nitrogen and oxygen atoms in total. The second-order valence-electron chi connectivity index (χ2n) is 6.04. The third-order valence-corrected chi connectivity index (χ3v) is 10.5. The molecule has 2 saturated heterocycles. The van der Waals surface area contributed by atoms with Gasteiger partial charge in [-0.15, -0.1) is 23.5 Å². The summed E-state index contributed by atoms with van der Waals surface area (Å²) in [7, 11) is 0. The smallest absolute Gasteiger partial charge is 0.183 e. The van der Waals surface area contributed by atoms with Gasteiger partial charge >= 0.3 is 0 Å². The van der Waals surface area contributed by atoms with Crippen LogP contribution in [0.25, 0.3) is 0 Å². The molecule has 0 aliphatic carbocycles. The summed E-state index contributed by atoms with van der Waals surface area (Å²) in [5.41, 5.74) is 0.721. The van der Waals surface area contributed by atoms with Crippen LogP contribution in [0, 0.1) is 5.41 Å². The van der Waals surface area contributed by atoms with Crippen molar-refractivity contribution in [1.29, 1.82) is 0 Å². The summed E-state index contributed by atoms with van der Waals surface area (Å²) < 4.78 is 3.58. The van der Waals surface area contributed by atoms with Crippen LogP contribution >= 0.6 is 47.4 Å². The van der Waals surface area contributed by atoms with E-state index in [1.807, 2.05) is 23.9 Å². The van der Waals surface area contributed by atoms with E-state index in [9.17, 15) is 0 Å². The Morgan fingerprint density at radius 1 is 0.933 bits per heavy atom. The molecular formula is C10H19NS4. The number of hydrogen-bond acceptors (Lipinski definition) is 5. The minimum absolute atomic E-state index is 0.286. The van der Waals surface area contributed by atoms with Crippen LogP contribution in [0.4, 0.5) is 0 Å². The van der Waals surface area contributed by atoms with Crippen molar-refractivity contribution in [3.05, 3.63) is 0 Å². The van der Waals surface area contributed by atoms with Crippen LogP contribution in [-0.2, 0) is 0 Å². The highest BCUT2D eigenvalue weighted by Gasteiger charge is 2.61. The lowest BCUT2D eigenvalue weighted by atomic mass is 10.0. The zero-order valence-electron chi connectivity index (χ0n) is 10.2. The molecule has 2 heterocycles. The summed E-state index contributed by atoms with van der Waals surface area (Å²) in [6.07, 6.45) is 0. The van der Waals surface area contributed by atoms with Gasteiger partial charge in [0.1, 0.15) is 0 Å². The lowest BCUT2D eigenvalue weighted by Gasteiger charge is -2.60. The molecule has 1 spiro atoms. The quantitative estimate of drug-likeness (QED) is 0.581. The Labute approximate surface area is 111 Å². The van der Waals surface area contributed by atoms with Crippen molar-refractivity contribution >= 4 is 47.4 Å². The normalized spacial score (nSPS) is 27.6. The first-order valence-electron chi connectivity index (χ1n) is 5.17. The first-order valence-corrected chi connectivity index (χ1v) is 8.47. The van der Waals surface area contributed by atoms with Crippen LogP contribution in [0.15, 0.2) is 0 Å². The van der Waals surface area contributed by atoms with Crippen LogP contribution in [-0.4, -0.2) is 16.6 Å². The SMILES string of the molecule is CC(C)(C)C1SC2(S1)SN(C(C)(C)C)S2. The van der Waals surface area contributed by atoms with E-state index in [-0.39, 0.29) is 5.54 Å². The van der Waals surface area contributed by atoms with Gasteiger partial charge in [0.05, 0.1) is 4.58 Å². The van der Waals surface area contributed by atoms with Crippen LogP contribution in [0.3, 0.4) is 0 Å². The highest BCUT2D eigenvalue weighted by Crippen LogP contribution is 2.80. The maximum atomic E-state index is 2.42. The van der Waals surface area contributed by atoms with Gasteiger partial charge in [-0.3, -0.25) is 0 Å². The second kappa shape index (κ2) is 3.67. The van der Waals surface area contributed by atoms with Crippen LogP contribution in [0.2, 0.25) is 0 Å². The van der Waals surface area contributed by atoms with E-state index in [0.717, 1.165) is 4.58 Å². The molecule has 2 aliphatic heterocycles. The first kappa shape index (κ1) is 12.8. The van der Waals surface area contributed by atoms with Crippen molar-refractivity contribution in [2.45, 2.75) is 54.4 Å². The van der Waals surface area contributed by atoms with Crippen molar-refractivity contribution in [3.8, 4) is 0 Å². The third-order valence-electron chi connectivity index (χ3n) is 2.15. The highest BCUT2D eigenvalue weighted by molar-refractivity contribution is 8.60.